The van der Waals surface area contributed by atoms with Gasteiger partial charge in [-0.15, -0.1) is 0 Å². The molecule has 0 radical (unpaired) electrons. The summed E-state index contributed by atoms with van der Waals surface area (Å²) in [6.45, 7) is 0. The monoisotopic (exact) mass is 213 g/mol. The Morgan fingerprint density at radius 1 is 1.27 bits per heavy atom. The number of hydrogen-bond acceptors (Lipinski definition) is 3. The molecule has 4 heteroatoms. The highest BCUT2D eigenvalue weighted by Crippen LogP contribution is 2.32. The van der Waals surface area contributed by atoms with Crippen molar-refractivity contribution in [3.8, 4) is 0 Å². The van der Waals surface area contributed by atoms with E-state index in [0.717, 1.165) is 25.7 Å². The SMILES string of the molecule is NC1(C(=O)O)CCCC(OC2CCC2)C1. The van der Waals surface area contributed by atoms with Crippen molar-refractivity contribution in [3.05, 3.63) is 0 Å². The molecule has 0 saturated heterocycles. The van der Waals surface area contributed by atoms with Gasteiger partial charge in [-0.25, -0.2) is 0 Å². The first-order chi connectivity index (χ1) is 7.10. The molecule has 15 heavy (non-hydrogen) atoms. The van der Waals surface area contributed by atoms with Gasteiger partial charge in [0, 0.05) is 6.42 Å². The largest absolute Gasteiger partial charge is 0.480 e. The van der Waals surface area contributed by atoms with Gasteiger partial charge in [0.15, 0.2) is 0 Å². The Morgan fingerprint density at radius 2 is 1.93 bits per heavy atom. The van der Waals surface area contributed by atoms with Gasteiger partial charge in [-0.05, 0) is 38.5 Å². The smallest absolute Gasteiger partial charge is 0.323 e. The minimum Gasteiger partial charge on any atom is -0.480 e. The van der Waals surface area contributed by atoms with Crippen molar-refractivity contribution >= 4 is 5.97 Å². The third-order valence-corrected chi connectivity index (χ3v) is 3.60. The van der Waals surface area contributed by atoms with E-state index < -0.39 is 11.5 Å². The van der Waals surface area contributed by atoms with E-state index in [2.05, 4.69) is 0 Å². The topological polar surface area (TPSA) is 72.6 Å². The first kappa shape index (κ1) is 10.9. The molecular weight excluding hydrogens is 194 g/mol. The van der Waals surface area contributed by atoms with E-state index in [9.17, 15) is 4.79 Å². The molecule has 0 bridgehead atoms. The average Bonchev–Trinajstić information content (AvgIpc) is 2.12. The van der Waals surface area contributed by atoms with Crippen LogP contribution < -0.4 is 5.73 Å². The molecule has 0 aromatic carbocycles. The molecule has 2 aliphatic carbocycles. The summed E-state index contributed by atoms with van der Waals surface area (Å²) in [5.41, 5.74) is 4.80. The van der Waals surface area contributed by atoms with Crippen LogP contribution >= 0.6 is 0 Å². The van der Waals surface area contributed by atoms with Crippen LogP contribution in [0.25, 0.3) is 0 Å². The number of aliphatic carboxylic acids is 1. The van der Waals surface area contributed by atoms with Crippen LogP contribution in [0.2, 0.25) is 0 Å². The van der Waals surface area contributed by atoms with Gasteiger partial charge >= 0.3 is 5.97 Å². The molecule has 2 rings (SSSR count). The van der Waals surface area contributed by atoms with Crippen LogP contribution in [0.3, 0.4) is 0 Å². The minimum absolute atomic E-state index is 0.0603. The van der Waals surface area contributed by atoms with E-state index in [1.165, 1.54) is 6.42 Å². The lowest BCUT2D eigenvalue weighted by Crippen LogP contribution is -2.53. The zero-order chi connectivity index (χ0) is 10.9. The molecule has 0 aliphatic heterocycles. The number of hydrogen-bond donors (Lipinski definition) is 2. The number of carboxylic acid groups (broad SMARTS) is 1. The maximum absolute atomic E-state index is 11.0. The molecule has 0 amide bonds. The Labute approximate surface area is 89.8 Å². The minimum atomic E-state index is -1.05. The Hall–Kier alpha value is -0.610. The molecule has 0 aromatic rings. The van der Waals surface area contributed by atoms with E-state index in [4.69, 9.17) is 15.6 Å². The van der Waals surface area contributed by atoms with E-state index in [1.807, 2.05) is 0 Å². The van der Waals surface area contributed by atoms with Crippen molar-refractivity contribution in [1.82, 2.24) is 0 Å². The maximum atomic E-state index is 11.0. The molecule has 0 spiro atoms. The number of carboxylic acids is 1. The fourth-order valence-electron chi connectivity index (χ4n) is 2.35. The van der Waals surface area contributed by atoms with Gasteiger partial charge in [0.05, 0.1) is 12.2 Å². The summed E-state index contributed by atoms with van der Waals surface area (Å²) < 4.78 is 5.83. The van der Waals surface area contributed by atoms with Crippen molar-refractivity contribution in [2.24, 2.45) is 5.73 Å². The Kier molecular flexibility index (Phi) is 2.98. The fourth-order valence-corrected chi connectivity index (χ4v) is 2.35. The van der Waals surface area contributed by atoms with Crippen molar-refractivity contribution in [2.75, 3.05) is 0 Å². The van der Waals surface area contributed by atoms with Crippen LogP contribution in [-0.4, -0.2) is 28.8 Å². The van der Waals surface area contributed by atoms with Gasteiger partial charge in [-0.3, -0.25) is 4.79 Å². The third kappa shape index (κ3) is 2.32. The van der Waals surface area contributed by atoms with Crippen molar-refractivity contribution in [3.63, 3.8) is 0 Å². The van der Waals surface area contributed by atoms with Crippen LogP contribution in [0.15, 0.2) is 0 Å². The number of nitrogens with two attached hydrogens (primary N) is 1. The van der Waals surface area contributed by atoms with Crippen LogP contribution in [0.4, 0.5) is 0 Å². The molecule has 2 atom stereocenters. The lowest BCUT2D eigenvalue weighted by atomic mass is 9.80. The normalized spacial score (nSPS) is 37.3. The van der Waals surface area contributed by atoms with E-state index in [0.29, 0.717) is 18.9 Å². The Balaban J connectivity index is 1.88. The average molecular weight is 213 g/mol. The first-order valence-corrected chi connectivity index (χ1v) is 5.78. The van der Waals surface area contributed by atoms with Gasteiger partial charge in [-0.1, -0.05) is 0 Å². The van der Waals surface area contributed by atoms with Gasteiger partial charge in [0.25, 0.3) is 0 Å². The third-order valence-electron chi connectivity index (χ3n) is 3.60. The standard InChI is InChI=1S/C11H19NO3/c12-11(10(13)14)6-2-5-9(7-11)15-8-3-1-4-8/h8-9H,1-7,12H2,(H,13,14). The summed E-state index contributed by atoms with van der Waals surface area (Å²) in [4.78, 5) is 11.0. The highest BCUT2D eigenvalue weighted by molar-refractivity contribution is 5.78. The number of carbonyl (C=O) groups is 1. The maximum Gasteiger partial charge on any atom is 0.323 e. The highest BCUT2D eigenvalue weighted by atomic mass is 16.5. The summed E-state index contributed by atoms with van der Waals surface area (Å²) in [6.07, 6.45) is 6.79. The van der Waals surface area contributed by atoms with Crippen LogP contribution in [0, 0.1) is 0 Å². The first-order valence-electron chi connectivity index (χ1n) is 5.78. The van der Waals surface area contributed by atoms with Gasteiger partial charge < -0.3 is 15.6 Å². The fraction of sp³-hybridized carbons (Fsp3) is 0.909. The highest BCUT2D eigenvalue weighted by Gasteiger charge is 2.40. The Bertz CT molecular complexity index is 252. The van der Waals surface area contributed by atoms with E-state index >= 15 is 0 Å². The van der Waals surface area contributed by atoms with Crippen molar-refractivity contribution in [1.29, 1.82) is 0 Å². The summed E-state index contributed by atoms with van der Waals surface area (Å²) in [6, 6.07) is 0. The predicted octanol–water partition coefficient (Wildman–Crippen LogP) is 1.28. The van der Waals surface area contributed by atoms with Crippen molar-refractivity contribution < 1.29 is 14.6 Å². The molecule has 2 unspecified atom stereocenters. The number of ether oxygens (including phenoxy) is 1. The zero-order valence-corrected chi connectivity index (χ0v) is 8.95. The second-order valence-electron chi connectivity index (χ2n) is 4.87. The van der Waals surface area contributed by atoms with Gasteiger partial charge in [-0.2, -0.15) is 0 Å². The molecular formula is C11H19NO3. The zero-order valence-electron chi connectivity index (χ0n) is 8.95. The Morgan fingerprint density at radius 3 is 2.47 bits per heavy atom. The van der Waals surface area contributed by atoms with Gasteiger partial charge in [0.2, 0.25) is 0 Å². The lowest BCUT2D eigenvalue weighted by molar-refractivity contribution is -0.149. The molecule has 0 heterocycles. The summed E-state index contributed by atoms with van der Waals surface area (Å²) >= 11 is 0. The van der Waals surface area contributed by atoms with Crippen LogP contribution in [0.1, 0.15) is 44.9 Å². The predicted molar refractivity (Wildman–Crippen MR) is 55.5 cm³/mol. The van der Waals surface area contributed by atoms with Crippen LogP contribution in [0.5, 0.6) is 0 Å². The molecule has 3 N–H and O–H groups in total. The molecule has 86 valence electrons. The second-order valence-corrected chi connectivity index (χ2v) is 4.87. The van der Waals surface area contributed by atoms with E-state index in [1.54, 1.807) is 0 Å². The number of rotatable bonds is 3. The quantitative estimate of drug-likeness (QED) is 0.740. The van der Waals surface area contributed by atoms with Crippen molar-refractivity contribution in [2.45, 2.75) is 62.7 Å². The second kappa shape index (κ2) is 4.10. The summed E-state index contributed by atoms with van der Waals surface area (Å²) in [5.74, 6) is -0.885. The van der Waals surface area contributed by atoms with Gasteiger partial charge in [0.1, 0.15) is 5.54 Å². The van der Waals surface area contributed by atoms with Crippen LogP contribution in [-0.2, 0) is 9.53 Å². The molecule has 2 saturated carbocycles. The molecule has 4 nitrogen and oxygen atoms in total. The summed E-state index contributed by atoms with van der Waals surface area (Å²) in [5, 5.41) is 9.04. The lowest BCUT2D eigenvalue weighted by Gasteiger charge is -2.38. The van der Waals surface area contributed by atoms with E-state index in [-0.39, 0.29) is 6.10 Å². The molecule has 0 aromatic heterocycles. The summed E-state index contributed by atoms with van der Waals surface area (Å²) in [7, 11) is 0. The molecule has 2 fully saturated rings. The molecule has 2 aliphatic rings.